The highest BCUT2D eigenvalue weighted by Gasteiger charge is 2.43. The molecule has 1 heterocycles. The van der Waals surface area contributed by atoms with E-state index in [0.717, 1.165) is 23.0 Å². The molecule has 0 unspecified atom stereocenters. The van der Waals surface area contributed by atoms with E-state index < -0.39 is 5.60 Å². The summed E-state index contributed by atoms with van der Waals surface area (Å²) in [5.74, 6) is 1.36. The van der Waals surface area contributed by atoms with Crippen molar-refractivity contribution in [2.24, 2.45) is 11.8 Å². The van der Waals surface area contributed by atoms with E-state index in [2.05, 4.69) is 34.8 Å². The molecule has 16 heavy (non-hydrogen) atoms. The first-order valence-corrected chi connectivity index (χ1v) is 6.61. The molecule has 0 bridgehead atoms. The summed E-state index contributed by atoms with van der Waals surface area (Å²) in [4.78, 5) is 4.31. The van der Waals surface area contributed by atoms with Gasteiger partial charge in [-0.3, -0.25) is 4.98 Å². The maximum atomic E-state index is 10.3. The van der Waals surface area contributed by atoms with Gasteiger partial charge in [0.15, 0.2) is 0 Å². The monoisotopic (exact) mass is 283 g/mol. The summed E-state index contributed by atoms with van der Waals surface area (Å²) in [6.07, 6.45) is 4.31. The highest BCUT2D eigenvalue weighted by molar-refractivity contribution is 9.10. The highest BCUT2D eigenvalue weighted by Crippen LogP contribution is 2.43. The number of hydrogen-bond acceptors (Lipinski definition) is 2. The average molecular weight is 284 g/mol. The lowest BCUT2D eigenvalue weighted by Crippen LogP contribution is -2.47. The van der Waals surface area contributed by atoms with E-state index in [-0.39, 0.29) is 0 Å². The van der Waals surface area contributed by atoms with Gasteiger partial charge >= 0.3 is 0 Å². The normalized spacial score (nSPS) is 29.2. The number of aromatic nitrogens is 1. The third-order valence-corrected chi connectivity index (χ3v) is 4.00. The fourth-order valence-electron chi connectivity index (χ4n) is 2.38. The molecule has 1 aromatic heterocycles. The molecule has 1 fully saturated rings. The number of pyridine rings is 1. The zero-order valence-electron chi connectivity index (χ0n) is 9.78. The van der Waals surface area contributed by atoms with Crippen molar-refractivity contribution < 1.29 is 5.11 Å². The molecule has 0 aliphatic heterocycles. The van der Waals surface area contributed by atoms with Crippen molar-refractivity contribution in [3.05, 3.63) is 28.5 Å². The van der Waals surface area contributed by atoms with E-state index in [4.69, 9.17) is 0 Å². The van der Waals surface area contributed by atoms with Crippen LogP contribution in [0.3, 0.4) is 0 Å². The summed E-state index contributed by atoms with van der Waals surface area (Å²) in [7, 11) is 0. The van der Waals surface area contributed by atoms with Gasteiger partial charge in [0.2, 0.25) is 0 Å². The van der Waals surface area contributed by atoms with E-state index in [0.29, 0.717) is 18.3 Å². The van der Waals surface area contributed by atoms with Crippen LogP contribution in [0.2, 0.25) is 0 Å². The van der Waals surface area contributed by atoms with Crippen LogP contribution < -0.4 is 0 Å². The van der Waals surface area contributed by atoms with Crippen LogP contribution in [0.15, 0.2) is 22.8 Å². The molecule has 1 aromatic rings. The standard InChI is InChI=1S/C13H18BrNO/c1-9(2)10-5-13(16,6-10)7-12-4-3-11(14)8-15-12/h3-4,8-10,16H,5-7H2,1-2H3. The summed E-state index contributed by atoms with van der Waals surface area (Å²) < 4.78 is 0.983. The Morgan fingerprint density at radius 3 is 2.69 bits per heavy atom. The number of nitrogens with zero attached hydrogens (tertiary/aromatic N) is 1. The summed E-state index contributed by atoms with van der Waals surface area (Å²) in [6, 6.07) is 3.95. The second kappa shape index (κ2) is 4.46. The van der Waals surface area contributed by atoms with Crippen molar-refractivity contribution >= 4 is 15.9 Å². The molecule has 1 N–H and O–H groups in total. The van der Waals surface area contributed by atoms with Gasteiger partial charge in [-0.05, 0) is 52.7 Å². The fourth-order valence-corrected chi connectivity index (χ4v) is 2.61. The predicted molar refractivity (Wildman–Crippen MR) is 68.2 cm³/mol. The Morgan fingerprint density at radius 1 is 1.50 bits per heavy atom. The van der Waals surface area contributed by atoms with E-state index in [1.807, 2.05) is 12.1 Å². The number of aliphatic hydroxyl groups is 1. The van der Waals surface area contributed by atoms with Gasteiger partial charge in [0.05, 0.1) is 5.60 Å². The minimum absolute atomic E-state index is 0.504. The summed E-state index contributed by atoms with van der Waals surface area (Å²) in [5.41, 5.74) is 0.475. The lowest BCUT2D eigenvalue weighted by atomic mass is 9.64. The van der Waals surface area contributed by atoms with Crippen LogP contribution in [-0.2, 0) is 6.42 Å². The molecule has 0 radical (unpaired) electrons. The lowest BCUT2D eigenvalue weighted by molar-refractivity contribution is -0.0866. The first-order chi connectivity index (χ1) is 7.48. The van der Waals surface area contributed by atoms with Crippen molar-refractivity contribution in [3.8, 4) is 0 Å². The third kappa shape index (κ3) is 2.64. The topological polar surface area (TPSA) is 33.1 Å². The zero-order valence-corrected chi connectivity index (χ0v) is 11.4. The maximum Gasteiger partial charge on any atom is 0.0708 e. The second-order valence-corrected chi connectivity index (χ2v) is 6.20. The molecule has 0 amide bonds. The van der Waals surface area contributed by atoms with Crippen LogP contribution in [0, 0.1) is 11.8 Å². The fraction of sp³-hybridized carbons (Fsp3) is 0.615. The van der Waals surface area contributed by atoms with Gasteiger partial charge < -0.3 is 5.11 Å². The predicted octanol–water partition coefficient (Wildman–Crippen LogP) is 3.18. The minimum Gasteiger partial charge on any atom is -0.389 e. The molecule has 0 saturated heterocycles. The van der Waals surface area contributed by atoms with E-state index in [1.165, 1.54) is 0 Å². The smallest absolute Gasteiger partial charge is 0.0708 e. The van der Waals surface area contributed by atoms with Crippen molar-refractivity contribution in [2.75, 3.05) is 0 Å². The van der Waals surface area contributed by atoms with Gasteiger partial charge in [0, 0.05) is 22.8 Å². The Morgan fingerprint density at radius 2 is 2.19 bits per heavy atom. The van der Waals surface area contributed by atoms with Crippen molar-refractivity contribution in [1.29, 1.82) is 0 Å². The minimum atomic E-state index is -0.504. The number of hydrogen-bond donors (Lipinski definition) is 1. The molecule has 0 aromatic carbocycles. The number of rotatable bonds is 3. The van der Waals surface area contributed by atoms with E-state index >= 15 is 0 Å². The zero-order chi connectivity index (χ0) is 11.8. The quantitative estimate of drug-likeness (QED) is 0.924. The molecule has 2 rings (SSSR count). The Balaban J connectivity index is 1.94. The van der Waals surface area contributed by atoms with Crippen LogP contribution in [0.25, 0.3) is 0 Å². The summed E-state index contributed by atoms with van der Waals surface area (Å²) >= 11 is 3.36. The lowest BCUT2D eigenvalue weighted by Gasteiger charge is -2.45. The molecular formula is C13H18BrNO. The molecule has 0 atom stereocenters. The maximum absolute atomic E-state index is 10.3. The molecule has 3 heteroatoms. The van der Waals surface area contributed by atoms with Gasteiger partial charge in [0.25, 0.3) is 0 Å². The summed E-state index contributed by atoms with van der Waals surface area (Å²) in [5, 5.41) is 10.3. The molecule has 1 aliphatic carbocycles. The van der Waals surface area contributed by atoms with Crippen LogP contribution in [0.4, 0.5) is 0 Å². The van der Waals surface area contributed by atoms with Crippen molar-refractivity contribution in [2.45, 2.75) is 38.7 Å². The van der Waals surface area contributed by atoms with Gasteiger partial charge in [-0.1, -0.05) is 13.8 Å². The largest absolute Gasteiger partial charge is 0.389 e. The Kier molecular flexibility index (Phi) is 3.36. The Bertz CT molecular complexity index is 355. The third-order valence-electron chi connectivity index (χ3n) is 3.53. The molecular weight excluding hydrogens is 266 g/mol. The first-order valence-electron chi connectivity index (χ1n) is 5.81. The highest BCUT2D eigenvalue weighted by atomic mass is 79.9. The van der Waals surface area contributed by atoms with Crippen LogP contribution in [0.5, 0.6) is 0 Å². The van der Waals surface area contributed by atoms with Crippen molar-refractivity contribution in [3.63, 3.8) is 0 Å². The second-order valence-electron chi connectivity index (χ2n) is 5.28. The van der Waals surface area contributed by atoms with Gasteiger partial charge in [-0.15, -0.1) is 0 Å². The van der Waals surface area contributed by atoms with Crippen LogP contribution >= 0.6 is 15.9 Å². The van der Waals surface area contributed by atoms with Gasteiger partial charge in [-0.25, -0.2) is 0 Å². The Hall–Kier alpha value is -0.410. The molecule has 0 spiro atoms. The van der Waals surface area contributed by atoms with E-state index in [1.54, 1.807) is 6.20 Å². The Labute approximate surface area is 105 Å². The van der Waals surface area contributed by atoms with Crippen molar-refractivity contribution in [1.82, 2.24) is 4.98 Å². The number of halogens is 1. The molecule has 2 nitrogen and oxygen atoms in total. The molecule has 1 aliphatic rings. The first kappa shape index (κ1) is 12.1. The molecule has 1 saturated carbocycles. The SMILES string of the molecule is CC(C)C1CC(O)(Cc2ccc(Br)cn2)C1. The summed E-state index contributed by atoms with van der Waals surface area (Å²) in [6.45, 7) is 4.45. The average Bonchev–Trinajstić information content (AvgIpc) is 2.17. The van der Waals surface area contributed by atoms with E-state index in [9.17, 15) is 5.11 Å². The molecule has 88 valence electrons. The van der Waals surface area contributed by atoms with Gasteiger partial charge in [0.1, 0.15) is 0 Å². The van der Waals surface area contributed by atoms with Crippen LogP contribution in [-0.4, -0.2) is 15.7 Å². The van der Waals surface area contributed by atoms with Gasteiger partial charge in [-0.2, -0.15) is 0 Å². The van der Waals surface area contributed by atoms with Crippen LogP contribution in [0.1, 0.15) is 32.4 Å².